The highest BCUT2D eigenvalue weighted by Crippen LogP contribution is 2.02. The molecule has 6 nitrogen and oxygen atoms in total. The van der Waals surface area contributed by atoms with Gasteiger partial charge in [-0.05, 0) is 12.8 Å². The van der Waals surface area contributed by atoms with Gasteiger partial charge in [0.2, 0.25) is 6.54 Å². The van der Waals surface area contributed by atoms with Crippen LogP contribution < -0.4 is 0 Å². The molecule has 0 N–H and O–H groups in total. The predicted molar refractivity (Wildman–Crippen MR) is 55.1 cm³/mol. The molecule has 1 aromatic rings. The molecular weight excluding hydrogens is 196 g/mol. The molecule has 15 heavy (non-hydrogen) atoms. The number of nitrogens with zero attached hydrogens (tertiary/aromatic N) is 4. The molecule has 0 amide bonds. The van der Waals surface area contributed by atoms with Crippen molar-refractivity contribution in [3.05, 3.63) is 22.0 Å². The van der Waals surface area contributed by atoms with E-state index in [2.05, 4.69) is 17.2 Å². The minimum Gasteiger partial charge on any atom is -0.264 e. The predicted octanol–water partition coefficient (Wildman–Crippen LogP) is 1.29. The lowest BCUT2D eigenvalue weighted by molar-refractivity contribution is -0.481. The highest BCUT2D eigenvalue weighted by atomic mass is 16.6. The number of aromatic nitrogens is 3. The Balaban J connectivity index is 2.32. The van der Waals surface area contributed by atoms with E-state index < -0.39 is 0 Å². The SMILES string of the molecule is CCCCCc1cn(CC[N+](=O)[O-])nn1. The Kier molecular flexibility index (Phi) is 4.73. The molecule has 0 atom stereocenters. The van der Waals surface area contributed by atoms with Crippen LogP contribution in [-0.2, 0) is 13.0 Å². The molecule has 1 heterocycles. The maximum absolute atomic E-state index is 10.1. The lowest BCUT2D eigenvalue weighted by Crippen LogP contribution is -2.10. The van der Waals surface area contributed by atoms with E-state index in [0.29, 0.717) is 6.54 Å². The molecule has 0 aliphatic heterocycles. The number of aryl methyl sites for hydroxylation is 1. The number of nitro groups is 1. The van der Waals surface area contributed by atoms with Gasteiger partial charge in [0.1, 0.15) is 6.54 Å². The van der Waals surface area contributed by atoms with Gasteiger partial charge in [-0.15, -0.1) is 5.10 Å². The number of rotatable bonds is 7. The van der Waals surface area contributed by atoms with Gasteiger partial charge < -0.3 is 0 Å². The second-order valence-corrected chi connectivity index (χ2v) is 3.49. The van der Waals surface area contributed by atoms with Crippen LogP contribution in [0.4, 0.5) is 0 Å². The summed E-state index contributed by atoms with van der Waals surface area (Å²) in [6.07, 6.45) is 6.16. The molecule has 0 saturated heterocycles. The van der Waals surface area contributed by atoms with Crippen LogP contribution in [0.2, 0.25) is 0 Å². The largest absolute Gasteiger partial charge is 0.264 e. The van der Waals surface area contributed by atoms with Gasteiger partial charge in [-0.25, -0.2) is 4.68 Å². The summed E-state index contributed by atoms with van der Waals surface area (Å²) in [5, 5.41) is 17.9. The van der Waals surface area contributed by atoms with E-state index in [0.717, 1.165) is 18.5 Å². The Labute approximate surface area is 88.4 Å². The Bertz CT molecular complexity index is 311. The Morgan fingerprint density at radius 1 is 1.53 bits per heavy atom. The van der Waals surface area contributed by atoms with Gasteiger partial charge in [-0.2, -0.15) is 0 Å². The zero-order chi connectivity index (χ0) is 11.1. The zero-order valence-electron chi connectivity index (χ0n) is 8.93. The van der Waals surface area contributed by atoms with Crippen LogP contribution in [0.25, 0.3) is 0 Å². The van der Waals surface area contributed by atoms with E-state index in [4.69, 9.17) is 0 Å². The van der Waals surface area contributed by atoms with Gasteiger partial charge in [0.25, 0.3) is 0 Å². The van der Waals surface area contributed by atoms with Gasteiger partial charge >= 0.3 is 0 Å². The summed E-state index contributed by atoms with van der Waals surface area (Å²) in [4.78, 5) is 9.79. The first-order valence-corrected chi connectivity index (χ1v) is 5.23. The van der Waals surface area contributed by atoms with Crippen LogP contribution in [0.15, 0.2) is 6.20 Å². The monoisotopic (exact) mass is 212 g/mol. The third kappa shape index (κ3) is 4.53. The normalized spacial score (nSPS) is 10.5. The van der Waals surface area contributed by atoms with Gasteiger partial charge in [0, 0.05) is 11.1 Å². The summed E-state index contributed by atoms with van der Waals surface area (Å²) in [5.41, 5.74) is 0.923. The molecule has 0 spiro atoms. The smallest absolute Gasteiger partial charge is 0.223 e. The first-order chi connectivity index (χ1) is 7.22. The molecule has 6 heteroatoms. The summed E-state index contributed by atoms with van der Waals surface area (Å²) in [6, 6.07) is 0. The van der Waals surface area contributed by atoms with E-state index >= 15 is 0 Å². The van der Waals surface area contributed by atoms with Crippen molar-refractivity contribution < 1.29 is 4.92 Å². The van der Waals surface area contributed by atoms with Crippen LogP contribution in [0, 0.1) is 10.1 Å². The minimum absolute atomic E-state index is 0.0994. The van der Waals surface area contributed by atoms with Gasteiger partial charge in [-0.3, -0.25) is 10.1 Å². The third-order valence-corrected chi connectivity index (χ3v) is 2.13. The summed E-state index contributed by atoms with van der Waals surface area (Å²) in [6.45, 7) is 2.35. The summed E-state index contributed by atoms with van der Waals surface area (Å²) < 4.78 is 1.53. The fourth-order valence-corrected chi connectivity index (χ4v) is 1.30. The van der Waals surface area contributed by atoms with Crippen molar-refractivity contribution in [3.8, 4) is 0 Å². The first kappa shape index (κ1) is 11.6. The maximum atomic E-state index is 10.1. The average Bonchev–Trinajstić information content (AvgIpc) is 2.63. The van der Waals surface area contributed by atoms with Gasteiger partial charge in [-0.1, -0.05) is 25.0 Å². The standard InChI is InChI=1S/C9H16N4O2/c1-2-3-4-5-9-8-12(11-10-9)6-7-13(14)15/h8H,2-7H2,1H3. The van der Waals surface area contributed by atoms with Crippen molar-refractivity contribution in [3.63, 3.8) is 0 Å². The molecule has 0 aliphatic carbocycles. The molecular formula is C9H16N4O2. The van der Waals surface area contributed by atoms with E-state index in [-0.39, 0.29) is 11.5 Å². The van der Waals surface area contributed by atoms with Crippen molar-refractivity contribution in [1.82, 2.24) is 15.0 Å². The maximum Gasteiger partial charge on any atom is 0.223 e. The highest BCUT2D eigenvalue weighted by molar-refractivity contribution is 4.91. The Morgan fingerprint density at radius 3 is 3.00 bits per heavy atom. The molecule has 0 fully saturated rings. The lowest BCUT2D eigenvalue weighted by Gasteiger charge is -1.94. The summed E-state index contributed by atoms with van der Waals surface area (Å²) in [5.74, 6) is 0. The second kappa shape index (κ2) is 6.10. The topological polar surface area (TPSA) is 73.8 Å². The molecule has 0 aromatic carbocycles. The van der Waals surface area contributed by atoms with Crippen LogP contribution in [0.3, 0.4) is 0 Å². The average molecular weight is 212 g/mol. The molecule has 1 rings (SSSR count). The number of hydrogen-bond acceptors (Lipinski definition) is 4. The quantitative estimate of drug-likeness (QED) is 0.388. The van der Waals surface area contributed by atoms with E-state index in [1.807, 2.05) is 0 Å². The van der Waals surface area contributed by atoms with Crippen LogP contribution >= 0.6 is 0 Å². The molecule has 0 unspecified atom stereocenters. The molecule has 0 bridgehead atoms. The third-order valence-electron chi connectivity index (χ3n) is 2.13. The van der Waals surface area contributed by atoms with E-state index in [1.54, 1.807) is 6.20 Å². The fourth-order valence-electron chi connectivity index (χ4n) is 1.30. The van der Waals surface area contributed by atoms with Gasteiger partial charge in [0.05, 0.1) is 5.69 Å². The zero-order valence-corrected chi connectivity index (χ0v) is 8.93. The number of hydrogen-bond donors (Lipinski definition) is 0. The van der Waals surface area contributed by atoms with Crippen LogP contribution in [0.5, 0.6) is 0 Å². The van der Waals surface area contributed by atoms with Crippen LogP contribution in [0.1, 0.15) is 31.9 Å². The molecule has 0 aliphatic rings. The van der Waals surface area contributed by atoms with Gasteiger partial charge in [0.15, 0.2) is 0 Å². The minimum atomic E-state index is -0.349. The van der Waals surface area contributed by atoms with Crippen molar-refractivity contribution in [2.45, 2.75) is 39.2 Å². The molecule has 1 aromatic heterocycles. The lowest BCUT2D eigenvalue weighted by atomic mass is 10.2. The van der Waals surface area contributed by atoms with Crippen molar-refractivity contribution >= 4 is 0 Å². The summed E-state index contributed by atoms with van der Waals surface area (Å²) in [7, 11) is 0. The fraction of sp³-hybridized carbons (Fsp3) is 0.778. The Hall–Kier alpha value is -1.46. The summed E-state index contributed by atoms with van der Waals surface area (Å²) >= 11 is 0. The second-order valence-electron chi connectivity index (χ2n) is 3.49. The molecule has 0 saturated carbocycles. The molecule has 84 valence electrons. The van der Waals surface area contributed by atoms with Crippen molar-refractivity contribution in [1.29, 1.82) is 0 Å². The first-order valence-electron chi connectivity index (χ1n) is 5.23. The van der Waals surface area contributed by atoms with Crippen molar-refractivity contribution in [2.24, 2.45) is 0 Å². The highest BCUT2D eigenvalue weighted by Gasteiger charge is 2.03. The van der Waals surface area contributed by atoms with Crippen LogP contribution in [-0.4, -0.2) is 26.5 Å². The Morgan fingerprint density at radius 2 is 2.33 bits per heavy atom. The molecule has 0 radical (unpaired) electrons. The van der Waals surface area contributed by atoms with E-state index in [1.165, 1.54) is 17.5 Å². The van der Waals surface area contributed by atoms with Crippen molar-refractivity contribution in [2.75, 3.05) is 6.54 Å². The number of unbranched alkanes of at least 4 members (excludes halogenated alkanes) is 2. The van der Waals surface area contributed by atoms with E-state index in [9.17, 15) is 10.1 Å².